The van der Waals surface area contributed by atoms with Crippen LogP contribution in [0.5, 0.6) is 11.5 Å². The Morgan fingerprint density at radius 2 is 2.11 bits per heavy atom. The zero-order valence-electron chi connectivity index (χ0n) is 11.7. The smallest absolute Gasteiger partial charge is 0.133 e. The van der Waals surface area contributed by atoms with Gasteiger partial charge in [0.2, 0.25) is 0 Å². The number of hydrogen-bond acceptors (Lipinski definition) is 3. The first-order valence-electron chi connectivity index (χ1n) is 6.92. The van der Waals surface area contributed by atoms with Gasteiger partial charge in [0.1, 0.15) is 22.9 Å². The maximum atomic E-state index is 11.8. The highest BCUT2D eigenvalue weighted by Crippen LogP contribution is 2.53. The van der Waals surface area contributed by atoms with E-state index in [1.165, 1.54) is 0 Å². The Labute approximate surface area is 113 Å². The van der Waals surface area contributed by atoms with Crippen molar-refractivity contribution >= 4 is 5.78 Å². The molecule has 1 fully saturated rings. The van der Waals surface area contributed by atoms with E-state index in [9.17, 15) is 9.90 Å². The van der Waals surface area contributed by atoms with Crippen LogP contribution in [0.25, 0.3) is 0 Å². The highest BCUT2D eigenvalue weighted by Gasteiger charge is 2.47. The van der Waals surface area contributed by atoms with E-state index in [1.54, 1.807) is 6.07 Å². The third-order valence-corrected chi connectivity index (χ3v) is 4.57. The Kier molecular flexibility index (Phi) is 2.63. The largest absolute Gasteiger partial charge is 0.508 e. The van der Waals surface area contributed by atoms with Crippen molar-refractivity contribution in [2.24, 2.45) is 5.92 Å². The average molecular weight is 260 g/mol. The molecule has 1 saturated carbocycles. The second-order valence-corrected chi connectivity index (χ2v) is 6.40. The van der Waals surface area contributed by atoms with Crippen LogP contribution in [0.1, 0.15) is 50.2 Å². The van der Waals surface area contributed by atoms with Gasteiger partial charge in [-0.1, -0.05) is 0 Å². The maximum absolute atomic E-state index is 11.8. The molecule has 0 radical (unpaired) electrons. The highest BCUT2D eigenvalue weighted by molar-refractivity contribution is 5.81. The van der Waals surface area contributed by atoms with Crippen molar-refractivity contribution in [1.29, 1.82) is 0 Å². The number of phenolic OH excluding ortho intramolecular Hbond substituents is 1. The van der Waals surface area contributed by atoms with Crippen LogP contribution in [0.4, 0.5) is 0 Å². The van der Waals surface area contributed by atoms with Gasteiger partial charge in [-0.3, -0.25) is 4.79 Å². The van der Waals surface area contributed by atoms with E-state index in [-0.39, 0.29) is 17.3 Å². The summed E-state index contributed by atoms with van der Waals surface area (Å²) in [6.07, 6.45) is 2.01. The number of rotatable bonds is 0. The first-order chi connectivity index (χ1) is 8.88. The molecule has 1 aliphatic heterocycles. The van der Waals surface area contributed by atoms with Crippen molar-refractivity contribution in [3.05, 3.63) is 23.3 Å². The molecule has 0 aromatic heterocycles. The number of benzene rings is 1. The molecule has 1 aromatic carbocycles. The van der Waals surface area contributed by atoms with E-state index in [2.05, 4.69) is 13.8 Å². The number of phenols is 1. The number of aromatic hydroxyl groups is 1. The normalized spacial score (nSPS) is 28.3. The quantitative estimate of drug-likeness (QED) is 0.778. The molecule has 1 aliphatic carbocycles. The number of aryl methyl sites for hydroxylation is 1. The van der Waals surface area contributed by atoms with E-state index in [1.807, 2.05) is 13.0 Å². The molecule has 2 atom stereocenters. The van der Waals surface area contributed by atoms with Gasteiger partial charge < -0.3 is 9.84 Å². The summed E-state index contributed by atoms with van der Waals surface area (Å²) in [6, 6.07) is 3.72. The van der Waals surface area contributed by atoms with E-state index in [0.29, 0.717) is 24.5 Å². The molecule has 0 saturated heterocycles. The van der Waals surface area contributed by atoms with E-state index in [0.717, 1.165) is 23.3 Å². The fourth-order valence-electron chi connectivity index (χ4n) is 3.70. The first-order valence-corrected chi connectivity index (χ1v) is 6.92. The van der Waals surface area contributed by atoms with E-state index < -0.39 is 0 Å². The average Bonchev–Trinajstić information content (AvgIpc) is 2.25. The van der Waals surface area contributed by atoms with Crippen molar-refractivity contribution in [3.63, 3.8) is 0 Å². The number of carbonyl (C=O) groups excluding carboxylic acids is 1. The van der Waals surface area contributed by atoms with Crippen LogP contribution in [-0.4, -0.2) is 16.5 Å². The Morgan fingerprint density at radius 1 is 1.37 bits per heavy atom. The molecule has 1 heterocycles. The Hall–Kier alpha value is -1.51. The lowest BCUT2D eigenvalue weighted by Gasteiger charge is -2.47. The minimum absolute atomic E-state index is 0.0978. The van der Waals surface area contributed by atoms with Crippen molar-refractivity contribution < 1.29 is 14.6 Å². The van der Waals surface area contributed by atoms with Gasteiger partial charge in [0.05, 0.1) is 0 Å². The minimum Gasteiger partial charge on any atom is -0.508 e. The molecular formula is C16H20O3. The van der Waals surface area contributed by atoms with Crippen LogP contribution in [-0.2, 0) is 4.79 Å². The fraction of sp³-hybridized carbons (Fsp3) is 0.562. The Balaban J connectivity index is 2.15. The molecule has 2 aliphatic rings. The van der Waals surface area contributed by atoms with Crippen LogP contribution in [0, 0.1) is 12.8 Å². The molecule has 0 unspecified atom stereocenters. The summed E-state index contributed by atoms with van der Waals surface area (Å²) in [4.78, 5) is 11.8. The molecule has 3 rings (SSSR count). The molecule has 0 spiro atoms. The molecule has 3 nitrogen and oxygen atoms in total. The van der Waals surface area contributed by atoms with Crippen LogP contribution >= 0.6 is 0 Å². The maximum Gasteiger partial charge on any atom is 0.133 e. The minimum atomic E-state index is -0.279. The first kappa shape index (κ1) is 12.5. The zero-order valence-corrected chi connectivity index (χ0v) is 11.7. The lowest BCUT2D eigenvalue weighted by molar-refractivity contribution is -0.124. The van der Waals surface area contributed by atoms with Gasteiger partial charge in [0, 0.05) is 30.2 Å². The summed E-state index contributed by atoms with van der Waals surface area (Å²) in [6.45, 7) is 6.11. The lowest BCUT2D eigenvalue weighted by Crippen LogP contribution is -2.47. The van der Waals surface area contributed by atoms with Gasteiger partial charge in [-0.05, 0) is 44.9 Å². The predicted octanol–water partition coefficient (Wildman–Crippen LogP) is 3.32. The Morgan fingerprint density at radius 3 is 2.84 bits per heavy atom. The monoisotopic (exact) mass is 260 g/mol. The number of hydrogen-bond donors (Lipinski definition) is 1. The second-order valence-electron chi connectivity index (χ2n) is 6.40. The Bertz CT molecular complexity index is 545. The third-order valence-electron chi connectivity index (χ3n) is 4.57. The molecule has 3 heteroatoms. The fourth-order valence-corrected chi connectivity index (χ4v) is 3.70. The molecule has 0 amide bonds. The van der Waals surface area contributed by atoms with Crippen molar-refractivity contribution in [1.82, 2.24) is 0 Å². The van der Waals surface area contributed by atoms with E-state index >= 15 is 0 Å². The highest BCUT2D eigenvalue weighted by atomic mass is 16.5. The van der Waals surface area contributed by atoms with Crippen LogP contribution in [0.3, 0.4) is 0 Å². The predicted molar refractivity (Wildman–Crippen MR) is 72.6 cm³/mol. The summed E-state index contributed by atoms with van der Waals surface area (Å²) >= 11 is 0. The summed E-state index contributed by atoms with van der Waals surface area (Å²) < 4.78 is 6.11. The second kappa shape index (κ2) is 3.99. The topological polar surface area (TPSA) is 46.5 Å². The zero-order chi connectivity index (χ0) is 13.8. The molecule has 0 bridgehead atoms. The number of carbonyl (C=O) groups is 1. The molecule has 19 heavy (non-hydrogen) atoms. The standard InChI is InChI=1S/C16H20O3/c1-9-6-13(18)15-11-8-10(17)4-5-12(11)16(2,3)19-14(15)7-9/h6-7,11-12,18H,4-5,8H2,1-3H3/t11-,12-/m1/s1. The van der Waals surface area contributed by atoms with Crippen LogP contribution in [0.2, 0.25) is 0 Å². The number of ether oxygens (including phenoxy) is 1. The molecule has 1 aromatic rings. The van der Waals surface area contributed by atoms with Crippen molar-refractivity contribution in [2.75, 3.05) is 0 Å². The van der Waals surface area contributed by atoms with Gasteiger partial charge >= 0.3 is 0 Å². The van der Waals surface area contributed by atoms with Crippen molar-refractivity contribution in [2.45, 2.75) is 51.6 Å². The van der Waals surface area contributed by atoms with Gasteiger partial charge in [-0.2, -0.15) is 0 Å². The third kappa shape index (κ3) is 1.92. The lowest BCUT2D eigenvalue weighted by atomic mass is 9.66. The van der Waals surface area contributed by atoms with Crippen LogP contribution in [0.15, 0.2) is 12.1 Å². The summed E-state index contributed by atoms with van der Waals surface area (Å²) in [5.74, 6) is 1.71. The van der Waals surface area contributed by atoms with Gasteiger partial charge in [-0.25, -0.2) is 0 Å². The number of ketones is 1. The molecular weight excluding hydrogens is 240 g/mol. The summed E-state index contributed by atoms with van der Waals surface area (Å²) in [7, 11) is 0. The summed E-state index contributed by atoms with van der Waals surface area (Å²) in [5.41, 5.74) is 1.54. The number of Topliss-reactive ketones (excluding diaryl/α,β-unsaturated/α-hetero) is 1. The van der Waals surface area contributed by atoms with Gasteiger partial charge in [-0.15, -0.1) is 0 Å². The molecule has 102 valence electrons. The van der Waals surface area contributed by atoms with Gasteiger partial charge in [0.15, 0.2) is 0 Å². The van der Waals surface area contributed by atoms with Crippen molar-refractivity contribution in [3.8, 4) is 11.5 Å². The van der Waals surface area contributed by atoms with E-state index in [4.69, 9.17) is 4.74 Å². The molecule has 1 N–H and O–H groups in total. The SMILES string of the molecule is Cc1cc(O)c2c(c1)OC(C)(C)[C@@H]1CCC(=O)C[C@@H]21. The van der Waals surface area contributed by atoms with Crippen LogP contribution < -0.4 is 4.74 Å². The van der Waals surface area contributed by atoms with Gasteiger partial charge in [0.25, 0.3) is 0 Å². The number of fused-ring (bicyclic) bond motifs is 3. The summed E-state index contributed by atoms with van der Waals surface area (Å²) in [5, 5.41) is 10.2.